The Morgan fingerprint density at radius 2 is 2.07 bits per heavy atom. The number of carbonyl (C=O) groups excluding carboxylic acids is 1. The lowest BCUT2D eigenvalue weighted by Gasteiger charge is -2.04. The average molecular weight is 206 g/mol. The van der Waals surface area contributed by atoms with Crippen LogP contribution in [0.1, 0.15) is 37.6 Å². The van der Waals surface area contributed by atoms with Gasteiger partial charge in [-0.3, -0.25) is 4.98 Å². The Hall–Kier alpha value is -1.38. The SMILES string of the molecule is CCCCCc1cccc(CC(=O)[O-])n1. The Morgan fingerprint density at radius 1 is 1.33 bits per heavy atom. The molecular formula is C12H16NO2-. The highest BCUT2D eigenvalue weighted by atomic mass is 16.4. The van der Waals surface area contributed by atoms with E-state index in [0.29, 0.717) is 5.69 Å². The minimum atomic E-state index is -1.08. The molecule has 0 radical (unpaired) electrons. The summed E-state index contributed by atoms with van der Waals surface area (Å²) in [5.41, 5.74) is 1.56. The van der Waals surface area contributed by atoms with E-state index in [1.165, 1.54) is 12.8 Å². The first kappa shape index (κ1) is 11.7. The van der Waals surface area contributed by atoms with Crippen molar-refractivity contribution in [3.05, 3.63) is 29.6 Å². The normalized spacial score (nSPS) is 10.2. The Balaban J connectivity index is 2.53. The van der Waals surface area contributed by atoms with Gasteiger partial charge in [0, 0.05) is 23.8 Å². The molecule has 3 nitrogen and oxygen atoms in total. The highest BCUT2D eigenvalue weighted by Crippen LogP contribution is 2.05. The molecule has 0 unspecified atom stereocenters. The number of carboxylic acids is 1. The summed E-state index contributed by atoms with van der Waals surface area (Å²) in [5.74, 6) is -1.08. The summed E-state index contributed by atoms with van der Waals surface area (Å²) in [6, 6.07) is 5.51. The number of aliphatic carboxylic acids is 1. The number of carbonyl (C=O) groups is 1. The average Bonchev–Trinajstić information content (AvgIpc) is 2.18. The van der Waals surface area contributed by atoms with Crippen LogP contribution in [0.3, 0.4) is 0 Å². The molecule has 0 saturated carbocycles. The van der Waals surface area contributed by atoms with Gasteiger partial charge >= 0.3 is 0 Å². The third-order valence-electron chi connectivity index (χ3n) is 2.23. The predicted molar refractivity (Wildman–Crippen MR) is 56.2 cm³/mol. The maximum absolute atomic E-state index is 10.4. The third kappa shape index (κ3) is 4.58. The van der Waals surface area contributed by atoms with Gasteiger partial charge in [0.1, 0.15) is 0 Å². The van der Waals surface area contributed by atoms with Gasteiger partial charge in [-0.05, 0) is 25.0 Å². The molecule has 0 aliphatic carbocycles. The number of hydrogen-bond donors (Lipinski definition) is 0. The smallest absolute Gasteiger partial charge is 0.0473 e. The number of hydrogen-bond acceptors (Lipinski definition) is 3. The van der Waals surface area contributed by atoms with Crippen LogP contribution in [-0.4, -0.2) is 11.0 Å². The highest BCUT2D eigenvalue weighted by Gasteiger charge is 1.98. The highest BCUT2D eigenvalue weighted by molar-refractivity contribution is 5.67. The molecule has 1 aromatic rings. The summed E-state index contributed by atoms with van der Waals surface area (Å²) in [6.07, 6.45) is 4.31. The fourth-order valence-electron chi connectivity index (χ4n) is 1.47. The molecule has 82 valence electrons. The maximum atomic E-state index is 10.4. The lowest BCUT2D eigenvalue weighted by Crippen LogP contribution is -2.24. The van der Waals surface area contributed by atoms with E-state index in [4.69, 9.17) is 0 Å². The first-order chi connectivity index (χ1) is 7.22. The van der Waals surface area contributed by atoms with E-state index in [1.54, 1.807) is 6.07 Å². The van der Waals surface area contributed by atoms with Gasteiger partial charge in [-0.25, -0.2) is 0 Å². The van der Waals surface area contributed by atoms with Crippen LogP contribution in [0.2, 0.25) is 0 Å². The van der Waals surface area contributed by atoms with Crippen molar-refractivity contribution in [2.45, 2.75) is 39.0 Å². The minimum absolute atomic E-state index is 0.0956. The van der Waals surface area contributed by atoms with Gasteiger partial charge in [-0.2, -0.15) is 0 Å². The van der Waals surface area contributed by atoms with Crippen LogP contribution in [0.5, 0.6) is 0 Å². The van der Waals surface area contributed by atoms with E-state index in [0.717, 1.165) is 18.5 Å². The molecule has 0 amide bonds. The lowest BCUT2D eigenvalue weighted by atomic mass is 10.1. The fraction of sp³-hybridized carbons (Fsp3) is 0.500. The molecule has 0 aliphatic rings. The first-order valence-corrected chi connectivity index (χ1v) is 5.37. The van der Waals surface area contributed by atoms with Crippen molar-refractivity contribution < 1.29 is 9.90 Å². The standard InChI is InChI=1S/C12H17NO2/c1-2-3-4-6-10-7-5-8-11(13-10)9-12(14)15/h5,7-8H,2-4,6,9H2,1H3,(H,14,15)/p-1. The molecule has 0 aromatic carbocycles. The summed E-state index contributed by atoms with van der Waals surface area (Å²) < 4.78 is 0. The van der Waals surface area contributed by atoms with E-state index >= 15 is 0 Å². The minimum Gasteiger partial charge on any atom is -0.550 e. The van der Waals surface area contributed by atoms with Crippen molar-refractivity contribution in [3.63, 3.8) is 0 Å². The lowest BCUT2D eigenvalue weighted by molar-refractivity contribution is -0.304. The van der Waals surface area contributed by atoms with Crippen molar-refractivity contribution in [2.24, 2.45) is 0 Å². The predicted octanol–water partition coefficient (Wildman–Crippen LogP) is 1.11. The number of rotatable bonds is 6. The second-order valence-electron chi connectivity index (χ2n) is 3.63. The van der Waals surface area contributed by atoms with Crippen molar-refractivity contribution in [1.82, 2.24) is 4.98 Å². The topological polar surface area (TPSA) is 53.0 Å². The molecule has 3 heteroatoms. The van der Waals surface area contributed by atoms with Crippen LogP contribution in [0.15, 0.2) is 18.2 Å². The van der Waals surface area contributed by atoms with Gasteiger partial charge in [0.15, 0.2) is 0 Å². The quantitative estimate of drug-likeness (QED) is 0.655. The summed E-state index contributed by atoms with van der Waals surface area (Å²) in [4.78, 5) is 14.7. The number of pyridine rings is 1. The van der Waals surface area contributed by atoms with E-state index in [1.807, 2.05) is 12.1 Å². The van der Waals surface area contributed by atoms with Crippen LogP contribution >= 0.6 is 0 Å². The van der Waals surface area contributed by atoms with Gasteiger partial charge < -0.3 is 9.90 Å². The second-order valence-corrected chi connectivity index (χ2v) is 3.63. The number of carboxylic acid groups (broad SMARTS) is 1. The third-order valence-corrected chi connectivity index (χ3v) is 2.23. The number of aromatic nitrogens is 1. The molecule has 1 heterocycles. The molecule has 0 saturated heterocycles. The summed E-state index contributed by atoms with van der Waals surface area (Å²) in [5, 5.41) is 10.4. The van der Waals surface area contributed by atoms with E-state index < -0.39 is 5.97 Å². The fourth-order valence-corrected chi connectivity index (χ4v) is 1.47. The van der Waals surface area contributed by atoms with Gasteiger partial charge in [0.2, 0.25) is 0 Å². The second kappa shape index (κ2) is 6.17. The number of aryl methyl sites for hydroxylation is 1. The van der Waals surface area contributed by atoms with Crippen molar-refractivity contribution >= 4 is 5.97 Å². The zero-order valence-corrected chi connectivity index (χ0v) is 9.03. The van der Waals surface area contributed by atoms with Gasteiger partial charge in [-0.1, -0.05) is 25.8 Å². The van der Waals surface area contributed by atoms with Gasteiger partial charge in [0.05, 0.1) is 0 Å². The monoisotopic (exact) mass is 206 g/mol. The molecule has 0 bridgehead atoms. The Morgan fingerprint density at radius 3 is 2.73 bits per heavy atom. The Kier molecular flexibility index (Phi) is 4.81. The van der Waals surface area contributed by atoms with Crippen LogP contribution in [-0.2, 0) is 17.6 Å². The summed E-state index contributed by atoms with van der Waals surface area (Å²) in [6.45, 7) is 2.15. The Bertz CT molecular complexity index is 323. The molecule has 0 fully saturated rings. The summed E-state index contributed by atoms with van der Waals surface area (Å²) >= 11 is 0. The molecule has 1 aromatic heterocycles. The largest absolute Gasteiger partial charge is 0.550 e. The molecule has 15 heavy (non-hydrogen) atoms. The molecule has 0 aliphatic heterocycles. The summed E-state index contributed by atoms with van der Waals surface area (Å²) in [7, 11) is 0. The van der Waals surface area contributed by atoms with E-state index in [2.05, 4.69) is 11.9 Å². The van der Waals surface area contributed by atoms with Crippen LogP contribution in [0, 0.1) is 0 Å². The van der Waals surface area contributed by atoms with Crippen molar-refractivity contribution in [3.8, 4) is 0 Å². The molecule has 0 N–H and O–H groups in total. The van der Waals surface area contributed by atoms with E-state index in [-0.39, 0.29) is 6.42 Å². The Labute approximate surface area is 90.2 Å². The zero-order valence-electron chi connectivity index (χ0n) is 9.03. The number of nitrogens with zero attached hydrogens (tertiary/aromatic N) is 1. The maximum Gasteiger partial charge on any atom is 0.0473 e. The van der Waals surface area contributed by atoms with E-state index in [9.17, 15) is 9.90 Å². The molecule has 0 atom stereocenters. The molecule has 1 rings (SSSR count). The molecule has 0 spiro atoms. The van der Waals surface area contributed by atoms with Gasteiger partial charge in [-0.15, -0.1) is 0 Å². The van der Waals surface area contributed by atoms with Crippen LogP contribution < -0.4 is 5.11 Å². The van der Waals surface area contributed by atoms with Crippen LogP contribution in [0.25, 0.3) is 0 Å². The van der Waals surface area contributed by atoms with Gasteiger partial charge in [0.25, 0.3) is 0 Å². The van der Waals surface area contributed by atoms with Crippen molar-refractivity contribution in [1.29, 1.82) is 0 Å². The van der Waals surface area contributed by atoms with Crippen molar-refractivity contribution in [2.75, 3.05) is 0 Å². The first-order valence-electron chi connectivity index (χ1n) is 5.37. The number of unbranched alkanes of at least 4 members (excludes halogenated alkanes) is 2. The van der Waals surface area contributed by atoms with Crippen LogP contribution in [0.4, 0.5) is 0 Å². The zero-order chi connectivity index (χ0) is 11.1. The molecular weight excluding hydrogens is 190 g/mol.